The first-order valence-electron chi connectivity index (χ1n) is 7.46. The number of amides is 1. The first-order chi connectivity index (χ1) is 12.1. The Bertz CT molecular complexity index is 680. The van der Waals surface area contributed by atoms with Gasteiger partial charge in [-0.25, -0.2) is 0 Å². The summed E-state index contributed by atoms with van der Waals surface area (Å²) in [6.07, 6.45) is -5.03. The van der Waals surface area contributed by atoms with Crippen molar-refractivity contribution in [3.05, 3.63) is 29.8 Å². The van der Waals surface area contributed by atoms with Crippen LogP contribution in [-0.2, 0) is 27.5 Å². The minimum absolute atomic E-state index is 0.0244. The average molecular weight is 416 g/mol. The topological polar surface area (TPSA) is 90.9 Å². The second kappa shape index (κ2) is 9.58. The first kappa shape index (κ1) is 22.7. The molecule has 1 amide bonds. The lowest BCUT2D eigenvalue weighted by Crippen LogP contribution is -2.29. The van der Waals surface area contributed by atoms with E-state index in [-0.39, 0.29) is 24.5 Å². The summed E-state index contributed by atoms with van der Waals surface area (Å²) in [6.45, 7) is 3.28. The van der Waals surface area contributed by atoms with Gasteiger partial charge >= 0.3 is 33.1 Å². The molecule has 1 aromatic carbocycles. The van der Waals surface area contributed by atoms with Gasteiger partial charge in [-0.15, -0.1) is 4.52 Å². The van der Waals surface area contributed by atoms with Crippen LogP contribution in [0, 0.1) is 0 Å². The van der Waals surface area contributed by atoms with Crippen molar-refractivity contribution in [3.63, 3.8) is 0 Å². The molecule has 0 saturated heterocycles. The molecule has 0 heterocycles. The van der Waals surface area contributed by atoms with Crippen LogP contribution in [0.3, 0.4) is 0 Å². The van der Waals surface area contributed by atoms with Crippen molar-refractivity contribution in [2.45, 2.75) is 25.4 Å². The SMILES string of the molecule is CCO[P+](=O)C(c1ccc(NC(=O)C(F)(F)F)cc1)P(=O)(OC)OCC. The normalized spacial score (nSPS) is 15.8. The largest absolute Gasteiger partial charge is 0.529 e. The number of benzene rings is 1. The van der Waals surface area contributed by atoms with E-state index in [2.05, 4.69) is 0 Å². The monoisotopic (exact) mass is 416 g/mol. The molecule has 0 saturated carbocycles. The summed E-state index contributed by atoms with van der Waals surface area (Å²) in [5.74, 6) is -2.13. The fraction of sp³-hybridized carbons (Fsp3) is 0.500. The Morgan fingerprint density at radius 1 is 1.23 bits per heavy atom. The van der Waals surface area contributed by atoms with E-state index in [1.54, 1.807) is 19.2 Å². The van der Waals surface area contributed by atoms with Crippen LogP contribution in [0.25, 0.3) is 0 Å². The van der Waals surface area contributed by atoms with Crippen molar-refractivity contribution in [1.82, 2.24) is 0 Å². The molecular weight excluding hydrogens is 397 g/mol. The highest BCUT2D eigenvalue weighted by Gasteiger charge is 2.52. The zero-order valence-electron chi connectivity index (χ0n) is 14.3. The molecule has 0 aromatic heterocycles. The third kappa shape index (κ3) is 5.86. The fourth-order valence-electron chi connectivity index (χ4n) is 1.96. The van der Waals surface area contributed by atoms with Crippen molar-refractivity contribution >= 4 is 27.2 Å². The van der Waals surface area contributed by atoms with Crippen LogP contribution in [0.4, 0.5) is 18.9 Å². The third-order valence-electron chi connectivity index (χ3n) is 3.04. The van der Waals surface area contributed by atoms with Crippen molar-refractivity contribution in [3.8, 4) is 0 Å². The van der Waals surface area contributed by atoms with E-state index in [0.717, 1.165) is 19.2 Å². The number of hydrogen-bond acceptors (Lipinski definition) is 6. The van der Waals surface area contributed by atoms with E-state index in [1.807, 2.05) is 0 Å². The number of nitrogens with one attached hydrogen (secondary N) is 1. The maximum atomic E-state index is 12.9. The Morgan fingerprint density at radius 3 is 2.23 bits per heavy atom. The van der Waals surface area contributed by atoms with Gasteiger partial charge in [-0.3, -0.25) is 9.36 Å². The van der Waals surface area contributed by atoms with Crippen LogP contribution >= 0.6 is 15.6 Å². The molecule has 3 unspecified atom stereocenters. The fourth-order valence-corrected chi connectivity index (χ4v) is 5.72. The summed E-state index contributed by atoms with van der Waals surface area (Å²) in [7, 11) is -5.23. The second-order valence-corrected chi connectivity index (χ2v) is 8.76. The number of anilines is 1. The van der Waals surface area contributed by atoms with Crippen LogP contribution in [-0.4, -0.2) is 32.4 Å². The van der Waals surface area contributed by atoms with Crippen LogP contribution in [0.15, 0.2) is 24.3 Å². The van der Waals surface area contributed by atoms with Gasteiger partial charge in [0.05, 0.1) is 13.2 Å². The van der Waals surface area contributed by atoms with Crippen LogP contribution in [0.2, 0.25) is 0 Å². The van der Waals surface area contributed by atoms with Gasteiger partial charge in [0.25, 0.3) is 0 Å². The Morgan fingerprint density at radius 2 is 1.81 bits per heavy atom. The first-order valence-corrected chi connectivity index (χ1v) is 10.3. The van der Waals surface area contributed by atoms with E-state index >= 15 is 0 Å². The maximum Gasteiger partial charge on any atom is 0.529 e. The predicted octanol–water partition coefficient (Wildman–Crippen LogP) is 4.84. The Labute approximate surface area is 149 Å². The van der Waals surface area contributed by atoms with E-state index in [9.17, 15) is 27.1 Å². The molecule has 0 bridgehead atoms. The molecule has 1 rings (SSSR count). The molecule has 0 aliphatic heterocycles. The van der Waals surface area contributed by atoms with Gasteiger partial charge in [0, 0.05) is 18.4 Å². The molecule has 3 atom stereocenters. The van der Waals surface area contributed by atoms with E-state index in [0.29, 0.717) is 0 Å². The zero-order chi connectivity index (χ0) is 20.0. The molecule has 0 aliphatic rings. The van der Waals surface area contributed by atoms with Gasteiger partial charge in [0.15, 0.2) is 0 Å². The minimum Gasteiger partial charge on any atom is -0.318 e. The van der Waals surface area contributed by atoms with E-state index < -0.39 is 33.1 Å². The third-order valence-corrected chi connectivity index (χ3v) is 7.69. The average Bonchev–Trinajstić information content (AvgIpc) is 2.56. The quantitative estimate of drug-likeness (QED) is 0.580. The Kier molecular flexibility index (Phi) is 8.37. The molecule has 12 heteroatoms. The molecule has 1 aromatic rings. The predicted molar refractivity (Wildman–Crippen MR) is 89.3 cm³/mol. The number of carbonyl (C=O) groups is 1. The van der Waals surface area contributed by atoms with Crippen molar-refractivity contribution in [2.75, 3.05) is 25.6 Å². The molecule has 0 aliphatic carbocycles. The van der Waals surface area contributed by atoms with Crippen LogP contribution in [0.5, 0.6) is 0 Å². The number of alkyl halides is 3. The van der Waals surface area contributed by atoms with Gasteiger partial charge in [-0.05, 0) is 30.5 Å². The van der Waals surface area contributed by atoms with E-state index in [4.69, 9.17) is 13.6 Å². The number of rotatable bonds is 9. The highest BCUT2D eigenvalue weighted by molar-refractivity contribution is 7.66. The van der Waals surface area contributed by atoms with Gasteiger partial charge in [-0.1, -0.05) is 12.1 Å². The summed E-state index contributed by atoms with van der Waals surface area (Å²) in [4.78, 5) is 10.9. The van der Waals surface area contributed by atoms with Gasteiger partial charge in [-0.2, -0.15) is 13.2 Å². The number of carbonyl (C=O) groups excluding carboxylic acids is 1. The Balaban J connectivity index is 3.17. The minimum atomic E-state index is -5.03. The lowest BCUT2D eigenvalue weighted by Gasteiger charge is -2.18. The molecule has 0 radical (unpaired) electrons. The lowest BCUT2D eigenvalue weighted by molar-refractivity contribution is -0.167. The summed E-state index contributed by atoms with van der Waals surface area (Å²) >= 11 is 0. The highest BCUT2D eigenvalue weighted by atomic mass is 31.2. The molecule has 1 N–H and O–H groups in total. The van der Waals surface area contributed by atoms with Crippen molar-refractivity contribution in [1.29, 1.82) is 0 Å². The smallest absolute Gasteiger partial charge is 0.318 e. The summed E-state index contributed by atoms with van der Waals surface area (Å²) in [5, 5.41) is 0.412. The Hall–Kier alpha value is -1.31. The molecule has 26 heavy (non-hydrogen) atoms. The highest BCUT2D eigenvalue weighted by Crippen LogP contribution is 2.70. The van der Waals surface area contributed by atoms with Gasteiger partial charge < -0.3 is 14.4 Å². The molecule has 0 spiro atoms. The lowest BCUT2D eigenvalue weighted by atomic mass is 10.2. The van der Waals surface area contributed by atoms with Gasteiger partial charge in [0.2, 0.25) is 0 Å². The van der Waals surface area contributed by atoms with Crippen molar-refractivity contribution in [2.24, 2.45) is 0 Å². The number of halogens is 3. The summed E-state index contributed by atoms with van der Waals surface area (Å²) in [5.41, 5.74) is 0.0772. The molecule has 7 nitrogen and oxygen atoms in total. The molecular formula is C14H19F3NO6P2+. The van der Waals surface area contributed by atoms with Crippen molar-refractivity contribution < 1.29 is 40.7 Å². The van der Waals surface area contributed by atoms with Crippen LogP contribution in [0.1, 0.15) is 24.8 Å². The van der Waals surface area contributed by atoms with E-state index in [1.165, 1.54) is 12.1 Å². The zero-order valence-corrected chi connectivity index (χ0v) is 16.1. The van der Waals surface area contributed by atoms with Gasteiger partial charge in [0.1, 0.15) is 0 Å². The number of hydrogen-bond donors (Lipinski definition) is 1. The van der Waals surface area contributed by atoms with Crippen LogP contribution < -0.4 is 5.32 Å². The maximum absolute atomic E-state index is 12.9. The summed E-state index contributed by atoms with van der Waals surface area (Å²) < 4.78 is 77.3. The summed E-state index contributed by atoms with van der Waals surface area (Å²) in [6, 6.07) is 4.86. The molecule has 0 fully saturated rings. The second-order valence-electron chi connectivity index (χ2n) is 4.79. The molecule has 146 valence electrons. The standard InChI is InChI=1S/C14H18F3NO6P2/c1-4-23-25(20)12(26(21,22-3)24-5-2)10-6-8-11(9-7-10)18-13(19)14(15,16)17/h6-9,12H,4-5H2,1-3H3/p+1.